The first-order valence-corrected chi connectivity index (χ1v) is 10.7. The number of esters is 2. The van der Waals surface area contributed by atoms with Gasteiger partial charge in [-0.15, -0.1) is 0 Å². The predicted molar refractivity (Wildman–Crippen MR) is 114 cm³/mol. The highest BCUT2D eigenvalue weighted by Gasteiger charge is 2.61. The van der Waals surface area contributed by atoms with E-state index in [1.807, 2.05) is 6.92 Å². The Morgan fingerprint density at radius 1 is 1.21 bits per heavy atom. The first-order valence-electron chi connectivity index (χ1n) is 10.7. The Labute approximate surface area is 191 Å². The maximum atomic E-state index is 13.2. The van der Waals surface area contributed by atoms with E-state index < -0.39 is 47.1 Å². The van der Waals surface area contributed by atoms with Gasteiger partial charge in [0.05, 0.1) is 17.9 Å². The van der Waals surface area contributed by atoms with Crippen LogP contribution in [-0.2, 0) is 38.1 Å². The van der Waals surface area contributed by atoms with Gasteiger partial charge in [-0.25, -0.2) is 4.79 Å². The number of hydrogen-bond acceptors (Lipinski definition) is 9. The van der Waals surface area contributed by atoms with E-state index in [1.54, 1.807) is 26.0 Å². The van der Waals surface area contributed by atoms with Crippen molar-refractivity contribution in [2.24, 2.45) is 0 Å². The van der Waals surface area contributed by atoms with Crippen molar-refractivity contribution in [2.75, 3.05) is 0 Å². The average Bonchev–Trinajstić information content (AvgIpc) is 2.75. The smallest absolute Gasteiger partial charge is 0.331 e. The molecule has 1 saturated heterocycles. The molecule has 0 aromatic rings. The van der Waals surface area contributed by atoms with Gasteiger partial charge in [0.25, 0.3) is 5.79 Å². The summed E-state index contributed by atoms with van der Waals surface area (Å²) >= 11 is 0. The average molecular weight is 460 g/mol. The van der Waals surface area contributed by atoms with Gasteiger partial charge >= 0.3 is 11.9 Å². The van der Waals surface area contributed by atoms with E-state index >= 15 is 0 Å². The van der Waals surface area contributed by atoms with Crippen LogP contribution >= 0.6 is 0 Å². The quantitative estimate of drug-likeness (QED) is 0.290. The molecule has 178 valence electrons. The molecule has 1 fully saturated rings. The zero-order valence-corrected chi connectivity index (χ0v) is 19.2. The van der Waals surface area contributed by atoms with E-state index in [1.165, 1.54) is 13.0 Å². The molecule has 5 unspecified atom stereocenters. The molecule has 0 bridgehead atoms. The molecule has 9 nitrogen and oxygen atoms in total. The van der Waals surface area contributed by atoms with Crippen molar-refractivity contribution in [3.05, 3.63) is 47.3 Å². The standard InChI is InChI=1S/C24H28O9/c1-6-13(2)7-10-20(28)31-22-16-11-19(27)23(5,33-15(4)25)21(29)17(16)12-30-24(22)18(26)9-8-14(3)32-24/h6-7,10-12,14,18,22,26H,8-9H2,1-5H3. The van der Waals surface area contributed by atoms with Gasteiger partial charge in [0.1, 0.15) is 6.10 Å². The number of ketones is 2. The van der Waals surface area contributed by atoms with Gasteiger partial charge in [-0.2, -0.15) is 0 Å². The van der Waals surface area contributed by atoms with Crippen molar-refractivity contribution in [3.8, 4) is 0 Å². The summed E-state index contributed by atoms with van der Waals surface area (Å²) in [6, 6.07) is 0. The van der Waals surface area contributed by atoms with Crippen LogP contribution in [0.5, 0.6) is 0 Å². The van der Waals surface area contributed by atoms with E-state index in [2.05, 4.69) is 0 Å². The molecule has 2 aliphatic heterocycles. The summed E-state index contributed by atoms with van der Waals surface area (Å²) in [5.74, 6) is -5.06. The first-order chi connectivity index (χ1) is 15.4. The molecule has 0 radical (unpaired) electrons. The minimum atomic E-state index is -2.08. The monoisotopic (exact) mass is 460 g/mol. The maximum absolute atomic E-state index is 13.2. The largest absolute Gasteiger partial charge is 0.462 e. The third kappa shape index (κ3) is 4.43. The van der Waals surface area contributed by atoms with Gasteiger partial charge in [-0.05, 0) is 46.6 Å². The van der Waals surface area contributed by atoms with Crippen LogP contribution in [0.15, 0.2) is 47.3 Å². The summed E-state index contributed by atoms with van der Waals surface area (Å²) in [7, 11) is 0. The van der Waals surface area contributed by atoms with Gasteiger partial charge < -0.3 is 24.1 Å². The molecule has 1 aliphatic carbocycles. The summed E-state index contributed by atoms with van der Waals surface area (Å²) in [5.41, 5.74) is -1.36. The van der Waals surface area contributed by atoms with Crippen LogP contribution in [0, 0.1) is 0 Å². The molecular formula is C24H28O9. The number of allylic oxidation sites excluding steroid dienone is 3. The van der Waals surface area contributed by atoms with Crippen molar-refractivity contribution in [1.82, 2.24) is 0 Å². The fourth-order valence-electron chi connectivity index (χ4n) is 3.99. The number of aliphatic hydroxyl groups excluding tert-OH is 1. The minimum Gasteiger partial charge on any atom is -0.462 e. The van der Waals surface area contributed by atoms with Crippen molar-refractivity contribution in [1.29, 1.82) is 0 Å². The van der Waals surface area contributed by atoms with Crippen LogP contribution in [0.2, 0.25) is 0 Å². The fraction of sp³-hybridized carbons (Fsp3) is 0.500. The SMILES string of the molecule is CC=C(C)C=CC(=O)OC1C2=CC(=O)C(C)(OC(C)=O)C(=O)C2=COC12OC(C)CCC2O. The van der Waals surface area contributed by atoms with Crippen LogP contribution in [0.25, 0.3) is 0 Å². The normalized spacial score (nSPS) is 34.4. The molecule has 33 heavy (non-hydrogen) atoms. The van der Waals surface area contributed by atoms with Crippen LogP contribution < -0.4 is 0 Å². The summed E-state index contributed by atoms with van der Waals surface area (Å²) in [5, 5.41) is 10.8. The Kier molecular flexibility index (Phi) is 6.76. The Hall–Kier alpha value is -3.04. The summed E-state index contributed by atoms with van der Waals surface area (Å²) in [4.78, 5) is 50.2. The van der Waals surface area contributed by atoms with Gasteiger partial charge in [-0.1, -0.05) is 17.7 Å². The number of Topliss-reactive ketones (excluding diaryl/α,β-unsaturated/α-hetero) is 1. The van der Waals surface area contributed by atoms with Crippen LogP contribution in [-0.4, -0.2) is 58.3 Å². The second-order valence-electron chi connectivity index (χ2n) is 8.50. The van der Waals surface area contributed by atoms with Crippen molar-refractivity contribution in [3.63, 3.8) is 0 Å². The van der Waals surface area contributed by atoms with Gasteiger partial charge in [0, 0.05) is 18.6 Å². The molecule has 0 amide bonds. The van der Waals surface area contributed by atoms with Crippen molar-refractivity contribution >= 4 is 23.5 Å². The number of ether oxygens (including phenoxy) is 4. The fourth-order valence-corrected chi connectivity index (χ4v) is 3.99. The molecule has 9 heteroatoms. The van der Waals surface area contributed by atoms with E-state index in [-0.39, 0.29) is 23.7 Å². The number of hydrogen-bond donors (Lipinski definition) is 1. The molecule has 3 aliphatic rings. The van der Waals surface area contributed by atoms with E-state index in [0.29, 0.717) is 6.42 Å². The number of rotatable bonds is 4. The topological polar surface area (TPSA) is 125 Å². The lowest BCUT2D eigenvalue weighted by Crippen LogP contribution is -2.64. The molecule has 2 heterocycles. The molecule has 0 saturated carbocycles. The zero-order chi connectivity index (χ0) is 24.6. The Balaban J connectivity index is 2.08. The zero-order valence-electron chi connectivity index (χ0n) is 19.2. The Bertz CT molecular complexity index is 1000. The molecular weight excluding hydrogens is 432 g/mol. The Morgan fingerprint density at radius 3 is 2.55 bits per heavy atom. The molecule has 5 atom stereocenters. The highest BCUT2D eigenvalue weighted by molar-refractivity contribution is 6.26. The van der Waals surface area contributed by atoms with Gasteiger partial charge in [0.2, 0.25) is 17.2 Å². The molecule has 1 spiro atoms. The molecule has 0 aromatic carbocycles. The summed E-state index contributed by atoms with van der Waals surface area (Å²) in [6.45, 7) is 7.65. The highest BCUT2D eigenvalue weighted by Crippen LogP contribution is 2.45. The lowest BCUT2D eigenvalue weighted by Gasteiger charge is -2.49. The molecule has 1 N–H and O–H groups in total. The third-order valence-electron chi connectivity index (χ3n) is 5.97. The third-order valence-corrected chi connectivity index (χ3v) is 5.97. The second-order valence-corrected chi connectivity index (χ2v) is 8.50. The van der Waals surface area contributed by atoms with Crippen LogP contribution in [0.4, 0.5) is 0 Å². The lowest BCUT2D eigenvalue weighted by molar-refractivity contribution is -0.332. The van der Waals surface area contributed by atoms with Gasteiger partial charge in [0.15, 0.2) is 6.10 Å². The molecule has 0 aromatic heterocycles. The highest BCUT2D eigenvalue weighted by atomic mass is 16.7. The number of carbonyl (C=O) groups excluding carboxylic acids is 4. The number of carbonyl (C=O) groups is 4. The van der Waals surface area contributed by atoms with Crippen molar-refractivity contribution in [2.45, 2.75) is 77.2 Å². The van der Waals surface area contributed by atoms with E-state index in [0.717, 1.165) is 24.8 Å². The Morgan fingerprint density at radius 2 is 1.91 bits per heavy atom. The first kappa shape index (κ1) is 24.6. The summed E-state index contributed by atoms with van der Waals surface area (Å²) in [6.07, 6.45) is 4.50. The molecule has 3 rings (SSSR count). The predicted octanol–water partition coefficient (Wildman–Crippen LogP) is 1.99. The van der Waals surface area contributed by atoms with Crippen LogP contribution in [0.3, 0.4) is 0 Å². The van der Waals surface area contributed by atoms with E-state index in [4.69, 9.17) is 18.9 Å². The minimum absolute atomic E-state index is 0.0125. The number of fused-ring (bicyclic) bond motifs is 1. The number of aliphatic hydroxyl groups is 1. The lowest BCUT2D eigenvalue weighted by atomic mass is 9.75. The second kappa shape index (κ2) is 9.07. The van der Waals surface area contributed by atoms with Gasteiger partial charge in [-0.3, -0.25) is 14.4 Å². The summed E-state index contributed by atoms with van der Waals surface area (Å²) < 4.78 is 22.4. The van der Waals surface area contributed by atoms with Crippen molar-refractivity contribution < 1.29 is 43.2 Å². The maximum Gasteiger partial charge on any atom is 0.331 e. The van der Waals surface area contributed by atoms with Crippen LogP contribution in [0.1, 0.15) is 47.5 Å². The van der Waals surface area contributed by atoms with E-state index in [9.17, 15) is 24.3 Å².